The van der Waals surface area contributed by atoms with E-state index in [4.69, 9.17) is 9.72 Å². The van der Waals surface area contributed by atoms with Crippen molar-refractivity contribution in [1.82, 2.24) is 24.0 Å². The summed E-state index contributed by atoms with van der Waals surface area (Å²) in [5, 5.41) is 3.24. The van der Waals surface area contributed by atoms with Crippen LogP contribution < -0.4 is 15.8 Å². The van der Waals surface area contributed by atoms with Crippen molar-refractivity contribution >= 4 is 29.6 Å². The number of aryl methyl sites for hydroxylation is 1. The monoisotopic (exact) mass is 665 g/mol. The van der Waals surface area contributed by atoms with E-state index < -0.39 is 5.97 Å². The van der Waals surface area contributed by atoms with Gasteiger partial charge in [0.2, 0.25) is 0 Å². The van der Waals surface area contributed by atoms with E-state index >= 15 is 0 Å². The highest BCUT2D eigenvalue weighted by molar-refractivity contribution is 5.76. The third kappa shape index (κ3) is 7.46. The number of ether oxygens (including phenoxy) is 1. The molecule has 0 bridgehead atoms. The Hall–Kier alpha value is -4.77. The Balaban J connectivity index is 1.27. The van der Waals surface area contributed by atoms with Crippen molar-refractivity contribution in [1.29, 1.82) is 0 Å². The first-order valence-corrected chi connectivity index (χ1v) is 17.0. The number of likely N-dealkylation sites (tertiary alicyclic amines) is 1. The number of hydrogen-bond acceptors (Lipinski definition) is 9. The van der Waals surface area contributed by atoms with Crippen LogP contribution in [0.1, 0.15) is 72.4 Å². The van der Waals surface area contributed by atoms with Crippen molar-refractivity contribution in [2.24, 2.45) is 12.5 Å². The number of esters is 1. The van der Waals surface area contributed by atoms with Crippen LogP contribution >= 0.6 is 0 Å². The molecule has 49 heavy (non-hydrogen) atoms. The minimum absolute atomic E-state index is 0.0104. The largest absolute Gasteiger partial charge is 0.461 e. The Morgan fingerprint density at radius 2 is 1.90 bits per heavy atom. The highest BCUT2D eigenvalue weighted by Gasteiger charge is 2.32. The molecule has 1 fully saturated rings. The van der Waals surface area contributed by atoms with Crippen molar-refractivity contribution in [2.45, 2.75) is 65.5 Å². The molecule has 0 radical (unpaired) electrons. The number of nitrogens with one attached hydrogen (secondary N) is 1. The molecule has 0 unspecified atom stereocenters. The molecule has 0 atom stereocenters. The van der Waals surface area contributed by atoms with E-state index in [1.54, 1.807) is 24.0 Å². The van der Waals surface area contributed by atoms with Gasteiger partial charge in [0.25, 0.3) is 5.56 Å². The SMILES string of the molecule is CC(=O)OCc1c(-c2cc(Nc3ccc(C4CCN(C)CC4)cn3)c(=O)n(C)c2)ccnc1N(C)CCn1c(C=O)cc2c1CC(C)(C)C2. The van der Waals surface area contributed by atoms with Crippen LogP contribution in [0.4, 0.5) is 17.3 Å². The van der Waals surface area contributed by atoms with Gasteiger partial charge in [-0.1, -0.05) is 19.9 Å². The van der Waals surface area contributed by atoms with E-state index in [-0.39, 0.29) is 17.6 Å². The summed E-state index contributed by atoms with van der Waals surface area (Å²) in [6, 6.07) is 9.74. The van der Waals surface area contributed by atoms with Crippen LogP contribution in [0, 0.1) is 5.41 Å². The van der Waals surface area contributed by atoms with Crippen LogP contribution in [0.2, 0.25) is 0 Å². The van der Waals surface area contributed by atoms with Gasteiger partial charge in [0.05, 0.1) is 5.69 Å². The van der Waals surface area contributed by atoms with E-state index in [1.807, 2.05) is 42.4 Å². The number of hydrogen-bond donors (Lipinski definition) is 1. The molecule has 0 saturated carbocycles. The molecule has 11 heteroatoms. The summed E-state index contributed by atoms with van der Waals surface area (Å²) in [6.45, 7) is 9.23. The van der Waals surface area contributed by atoms with E-state index in [0.29, 0.717) is 42.0 Å². The Morgan fingerprint density at radius 1 is 1.12 bits per heavy atom. The predicted molar refractivity (Wildman–Crippen MR) is 192 cm³/mol. The maximum Gasteiger partial charge on any atom is 0.302 e. The third-order valence-corrected chi connectivity index (χ3v) is 9.97. The van der Waals surface area contributed by atoms with Crippen LogP contribution in [0.5, 0.6) is 0 Å². The molecule has 6 rings (SSSR count). The standard InChI is InChI=1S/C38H47N7O4/c1-25(47)49-24-32-31(9-12-39-36(32)43(5)15-16-45-30(23-46)17-28-19-38(2,3)20-34(28)45)29-18-33(37(48)44(6)22-29)41-35-8-7-27(21-40-35)26-10-13-42(4)14-11-26/h7-9,12,17-18,21-23,26H,10-11,13-16,19-20,24H2,1-6H3,(H,40,41). The first-order chi connectivity index (χ1) is 23.4. The number of fused-ring (bicyclic) bond motifs is 1. The zero-order chi connectivity index (χ0) is 34.9. The van der Waals surface area contributed by atoms with Crippen molar-refractivity contribution in [3.05, 3.63) is 87.4 Å². The summed E-state index contributed by atoms with van der Waals surface area (Å²) >= 11 is 0. The first kappa shape index (κ1) is 34.1. The smallest absolute Gasteiger partial charge is 0.302 e. The average molecular weight is 666 g/mol. The van der Waals surface area contributed by atoms with Crippen LogP contribution in [0.25, 0.3) is 11.1 Å². The van der Waals surface area contributed by atoms with Gasteiger partial charge >= 0.3 is 5.97 Å². The summed E-state index contributed by atoms with van der Waals surface area (Å²) in [4.78, 5) is 51.0. The zero-order valence-corrected chi connectivity index (χ0v) is 29.5. The summed E-state index contributed by atoms with van der Waals surface area (Å²) in [5.74, 6) is 1.34. The number of aldehydes is 1. The zero-order valence-electron chi connectivity index (χ0n) is 29.5. The number of piperidine rings is 1. The lowest BCUT2D eigenvalue weighted by Crippen LogP contribution is -2.29. The summed E-state index contributed by atoms with van der Waals surface area (Å²) in [5.41, 5.74) is 7.01. The fourth-order valence-electron chi connectivity index (χ4n) is 7.33. The number of aromatic nitrogens is 4. The lowest BCUT2D eigenvalue weighted by Gasteiger charge is -2.29. The second-order valence-electron chi connectivity index (χ2n) is 14.4. The maximum atomic E-state index is 13.3. The highest BCUT2D eigenvalue weighted by atomic mass is 16.5. The number of carbonyl (C=O) groups is 2. The van der Waals surface area contributed by atoms with E-state index in [9.17, 15) is 14.4 Å². The third-order valence-electron chi connectivity index (χ3n) is 9.97. The number of nitrogens with zero attached hydrogens (tertiary/aromatic N) is 6. The second-order valence-corrected chi connectivity index (χ2v) is 14.4. The Labute approximate surface area is 287 Å². The Morgan fingerprint density at radius 3 is 2.59 bits per heavy atom. The molecule has 5 heterocycles. The van der Waals surface area contributed by atoms with Crippen molar-refractivity contribution < 1.29 is 14.3 Å². The molecule has 1 saturated heterocycles. The predicted octanol–water partition coefficient (Wildman–Crippen LogP) is 5.33. The maximum absolute atomic E-state index is 13.3. The van der Waals surface area contributed by atoms with Gasteiger partial charge in [-0.2, -0.15) is 0 Å². The molecule has 258 valence electrons. The Bertz CT molecular complexity index is 1900. The lowest BCUT2D eigenvalue weighted by atomic mass is 9.90. The summed E-state index contributed by atoms with van der Waals surface area (Å²) in [6.07, 6.45) is 10.5. The van der Waals surface area contributed by atoms with Crippen LogP contribution in [0.3, 0.4) is 0 Å². The number of anilines is 3. The number of likely N-dealkylation sites (N-methyl/N-ethyl adjacent to an activating group) is 1. The minimum Gasteiger partial charge on any atom is -0.461 e. The van der Waals surface area contributed by atoms with Gasteiger partial charge in [0, 0.05) is 69.5 Å². The lowest BCUT2D eigenvalue weighted by molar-refractivity contribution is -0.142. The number of carbonyl (C=O) groups excluding carboxylic acids is 2. The van der Waals surface area contributed by atoms with Gasteiger partial charge in [-0.15, -0.1) is 0 Å². The molecule has 4 aromatic heterocycles. The fourth-order valence-corrected chi connectivity index (χ4v) is 7.33. The van der Waals surface area contributed by atoms with E-state index in [1.165, 1.54) is 23.7 Å². The molecule has 1 N–H and O–H groups in total. The van der Waals surface area contributed by atoms with Gasteiger partial charge in [-0.05, 0) is 98.1 Å². The van der Waals surface area contributed by atoms with Gasteiger partial charge in [-0.3, -0.25) is 14.4 Å². The molecular weight excluding hydrogens is 618 g/mol. The molecule has 1 aliphatic carbocycles. The Kier molecular flexibility index (Phi) is 9.74. The molecule has 0 spiro atoms. The van der Waals surface area contributed by atoms with Crippen LogP contribution in [0.15, 0.2) is 53.7 Å². The quantitative estimate of drug-likeness (QED) is 0.168. The first-order valence-electron chi connectivity index (χ1n) is 17.0. The topological polar surface area (TPSA) is 115 Å². The van der Waals surface area contributed by atoms with Gasteiger partial charge in [0.15, 0.2) is 6.29 Å². The van der Waals surface area contributed by atoms with E-state index in [0.717, 1.165) is 61.7 Å². The molecule has 1 aliphatic heterocycles. The highest BCUT2D eigenvalue weighted by Crippen LogP contribution is 2.38. The van der Waals surface area contributed by atoms with Crippen molar-refractivity contribution in [2.75, 3.05) is 43.9 Å². The van der Waals surface area contributed by atoms with E-state index in [2.05, 4.69) is 46.7 Å². The van der Waals surface area contributed by atoms with Gasteiger partial charge in [0.1, 0.15) is 23.9 Å². The van der Waals surface area contributed by atoms with Crippen molar-refractivity contribution in [3.63, 3.8) is 0 Å². The average Bonchev–Trinajstić information content (AvgIpc) is 3.55. The minimum atomic E-state index is -0.401. The number of rotatable bonds is 11. The molecule has 0 aromatic carbocycles. The van der Waals surface area contributed by atoms with Gasteiger partial charge in [-0.25, -0.2) is 9.97 Å². The van der Waals surface area contributed by atoms with Gasteiger partial charge < -0.3 is 29.0 Å². The number of pyridine rings is 3. The van der Waals surface area contributed by atoms with Crippen molar-refractivity contribution in [3.8, 4) is 11.1 Å². The summed E-state index contributed by atoms with van der Waals surface area (Å²) < 4.78 is 9.21. The second kappa shape index (κ2) is 14.0. The normalized spacial score (nSPS) is 16.0. The molecule has 0 amide bonds. The molecule has 4 aromatic rings. The van der Waals surface area contributed by atoms with Crippen LogP contribution in [-0.2, 0) is 42.6 Å². The fraction of sp³-hybridized carbons (Fsp3) is 0.447. The molecular formula is C38H47N7O4. The summed E-state index contributed by atoms with van der Waals surface area (Å²) in [7, 11) is 5.82. The molecule has 2 aliphatic rings. The molecule has 11 nitrogen and oxygen atoms in total. The van der Waals surface area contributed by atoms with Crippen LogP contribution in [-0.4, -0.2) is 70.0 Å².